The molecule has 3 rings (SSSR count). The van der Waals surface area contributed by atoms with Crippen LogP contribution in [0.4, 0.5) is 11.4 Å². The van der Waals surface area contributed by atoms with Crippen LogP contribution in [0.1, 0.15) is 26.3 Å². The molecule has 0 atom stereocenters. The zero-order valence-electron chi connectivity index (χ0n) is 17.4. The molecule has 0 aliphatic carbocycles. The third-order valence-electron chi connectivity index (χ3n) is 4.47. The van der Waals surface area contributed by atoms with Crippen LogP contribution in [0.25, 0.3) is 5.57 Å². The summed E-state index contributed by atoms with van der Waals surface area (Å²) in [5.41, 5.74) is 2.76. The molecule has 152 valence electrons. The normalized spacial score (nSPS) is 14.2. The summed E-state index contributed by atoms with van der Waals surface area (Å²) >= 11 is 1.43. The molecule has 1 heterocycles. The highest BCUT2D eigenvalue weighted by Gasteiger charge is 2.40. The molecule has 1 aliphatic heterocycles. The molecule has 0 spiro atoms. The Balaban J connectivity index is 2.00. The van der Waals surface area contributed by atoms with Gasteiger partial charge in [-0.3, -0.25) is 9.59 Å². The van der Waals surface area contributed by atoms with Crippen LogP contribution in [-0.2, 0) is 9.59 Å². The Labute approximate surface area is 176 Å². The zero-order chi connectivity index (χ0) is 21.1. The third kappa shape index (κ3) is 4.32. The Kier molecular flexibility index (Phi) is 6.33. The maximum Gasteiger partial charge on any atom is 0.272 e. The van der Waals surface area contributed by atoms with Crippen molar-refractivity contribution in [2.75, 3.05) is 30.5 Å². The van der Waals surface area contributed by atoms with Gasteiger partial charge in [0.05, 0.1) is 22.8 Å². The SMILES string of the molecule is CCOc1ccc(C2=C(SC(C)C)C(=O)N(c3ccc(N(C)C)cc3)C2=O)cc1. The van der Waals surface area contributed by atoms with Gasteiger partial charge in [-0.25, -0.2) is 4.90 Å². The summed E-state index contributed by atoms with van der Waals surface area (Å²) in [5, 5.41) is 0.176. The van der Waals surface area contributed by atoms with E-state index in [1.165, 1.54) is 16.7 Å². The first kappa shape index (κ1) is 21.0. The predicted molar refractivity (Wildman–Crippen MR) is 121 cm³/mol. The molecule has 0 saturated carbocycles. The maximum atomic E-state index is 13.3. The lowest BCUT2D eigenvalue weighted by molar-refractivity contribution is -0.119. The molecular weight excluding hydrogens is 384 g/mol. The van der Waals surface area contributed by atoms with Crippen molar-refractivity contribution >= 4 is 40.5 Å². The van der Waals surface area contributed by atoms with E-state index in [4.69, 9.17) is 4.74 Å². The molecule has 2 aromatic rings. The van der Waals surface area contributed by atoms with Gasteiger partial charge in [0, 0.05) is 25.0 Å². The van der Waals surface area contributed by atoms with Crippen LogP contribution in [-0.4, -0.2) is 37.8 Å². The molecule has 0 bridgehead atoms. The summed E-state index contributed by atoms with van der Waals surface area (Å²) in [6, 6.07) is 14.8. The van der Waals surface area contributed by atoms with Crippen LogP contribution in [0, 0.1) is 0 Å². The van der Waals surface area contributed by atoms with Crippen molar-refractivity contribution < 1.29 is 14.3 Å². The summed E-state index contributed by atoms with van der Waals surface area (Å²) in [4.78, 5) is 30.3. The van der Waals surface area contributed by atoms with Gasteiger partial charge in [0.25, 0.3) is 11.8 Å². The lowest BCUT2D eigenvalue weighted by Crippen LogP contribution is -2.31. The topological polar surface area (TPSA) is 49.9 Å². The van der Waals surface area contributed by atoms with Gasteiger partial charge in [-0.2, -0.15) is 0 Å². The van der Waals surface area contributed by atoms with Crippen molar-refractivity contribution in [3.63, 3.8) is 0 Å². The number of carbonyl (C=O) groups is 2. The van der Waals surface area contributed by atoms with Crippen LogP contribution < -0.4 is 14.5 Å². The van der Waals surface area contributed by atoms with E-state index < -0.39 is 0 Å². The van der Waals surface area contributed by atoms with Crippen molar-refractivity contribution in [1.82, 2.24) is 0 Å². The van der Waals surface area contributed by atoms with Crippen molar-refractivity contribution in [2.24, 2.45) is 0 Å². The quantitative estimate of drug-likeness (QED) is 0.626. The summed E-state index contributed by atoms with van der Waals surface area (Å²) in [7, 11) is 3.90. The maximum absolute atomic E-state index is 13.3. The first-order valence-electron chi connectivity index (χ1n) is 9.63. The smallest absolute Gasteiger partial charge is 0.272 e. The monoisotopic (exact) mass is 410 g/mol. The number of benzene rings is 2. The lowest BCUT2D eigenvalue weighted by Gasteiger charge is -2.18. The number of ether oxygens (including phenoxy) is 1. The number of rotatable bonds is 7. The van der Waals surface area contributed by atoms with Gasteiger partial charge in [0.15, 0.2) is 0 Å². The Morgan fingerprint density at radius 3 is 2.10 bits per heavy atom. The number of hydrogen-bond donors (Lipinski definition) is 0. The molecule has 2 amide bonds. The van der Waals surface area contributed by atoms with Gasteiger partial charge in [-0.05, 0) is 48.9 Å². The van der Waals surface area contributed by atoms with E-state index >= 15 is 0 Å². The van der Waals surface area contributed by atoms with Gasteiger partial charge in [-0.1, -0.05) is 26.0 Å². The van der Waals surface area contributed by atoms with E-state index in [1.54, 1.807) is 0 Å². The molecule has 0 aromatic heterocycles. The summed E-state index contributed by atoms with van der Waals surface area (Å²) in [5.74, 6) is 0.179. The molecule has 0 unspecified atom stereocenters. The standard InChI is InChI=1S/C23H26N2O3S/c1-6-28-19-13-7-16(8-14-19)20-21(29-15(2)3)23(27)25(22(20)26)18-11-9-17(10-12-18)24(4)5/h7-15H,6H2,1-5H3. The number of anilines is 2. The highest BCUT2D eigenvalue weighted by molar-refractivity contribution is 8.04. The Morgan fingerprint density at radius 1 is 0.966 bits per heavy atom. The average molecular weight is 411 g/mol. The van der Waals surface area contributed by atoms with E-state index in [9.17, 15) is 9.59 Å². The lowest BCUT2D eigenvalue weighted by atomic mass is 10.1. The zero-order valence-corrected chi connectivity index (χ0v) is 18.2. The van der Waals surface area contributed by atoms with Crippen LogP contribution >= 0.6 is 11.8 Å². The largest absolute Gasteiger partial charge is 0.494 e. The number of carbonyl (C=O) groups excluding carboxylic acids is 2. The Morgan fingerprint density at radius 2 is 1.59 bits per heavy atom. The Hall–Kier alpha value is -2.73. The van der Waals surface area contributed by atoms with Crippen LogP contribution in [0.3, 0.4) is 0 Å². The van der Waals surface area contributed by atoms with E-state index in [1.807, 2.05) is 88.3 Å². The Bertz CT molecular complexity index is 932. The minimum absolute atomic E-state index is 0.176. The van der Waals surface area contributed by atoms with Crippen LogP contribution in [0.15, 0.2) is 53.4 Å². The summed E-state index contributed by atoms with van der Waals surface area (Å²) < 4.78 is 5.50. The minimum atomic E-state index is -0.292. The van der Waals surface area contributed by atoms with Crippen LogP contribution in [0.2, 0.25) is 0 Å². The van der Waals surface area contributed by atoms with Crippen LogP contribution in [0.5, 0.6) is 5.75 Å². The highest BCUT2D eigenvalue weighted by Crippen LogP contribution is 2.40. The number of hydrogen-bond acceptors (Lipinski definition) is 5. The van der Waals surface area contributed by atoms with Gasteiger partial charge in [-0.15, -0.1) is 11.8 Å². The predicted octanol–water partition coefficient (Wildman–Crippen LogP) is 4.58. The molecule has 0 saturated heterocycles. The number of thioether (sulfide) groups is 1. The van der Waals surface area contributed by atoms with Gasteiger partial charge in [0.2, 0.25) is 0 Å². The fraction of sp³-hybridized carbons (Fsp3) is 0.304. The van der Waals surface area contributed by atoms with Gasteiger partial charge in [0.1, 0.15) is 5.75 Å². The molecule has 0 radical (unpaired) electrons. The highest BCUT2D eigenvalue weighted by atomic mass is 32.2. The number of nitrogens with zero attached hydrogens (tertiary/aromatic N) is 2. The molecule has 0 N–H and O–H groups in total. The molecule has 0 fully saturated rings. The van der Waals surface area contributed by atoms with Crippen molar-refractivity contribution in [3.05, 3.63) is 59.0 Å². The van der Waals surface area contributed by atoms with E-state index in [-0.39, 0.29) is 17.1 Å². The first-order valence-corrected chi connectivity index (χ1v) is 10.5. The van der Waals surface area contributed by atoms with Gasteiger partial charge < -0.3 is 9.64 Å². The second-order valence-electron chi connectivity index (χ2n) is 7.18. The van der Waals surface area contributed by atoms with E-state index in [0.29, 0.717) is 22.8 Å². The molecule has 1 aliphatic rings. The number of amides is 2. The molecule has 6 heteroatoms. The fourth-order valence-electron chi connectivity index (χ4n) is 3.13. The molecule has 2 aromatic carbocycles. The summed E-state index contributed by atoms with van der Waals surface area (Å²) in [6.07, 6.45) is 0. The second-order valence-corrected chi connectivity index (χ2v) is 8.77. The molecule has 29 heavy (non-hydrogen) atoms. The number of imide groups is 1. The van der Waals surface area contributed by atoms with Gasteiger partial charge >= 0.3 is 0 Å². The third-order valence-corrected chi connectivity index (χ3v) is 5.56. The molecular formula is C23H26N2O3S. The molecule has 5 nitrogen and oxygen atoms in total. The fourth-order valence-corrected chi connectivity index (χ4v) is 4.11. The van der Waals surface area contributed by atoms with E-state index in [2.05, 4.69) is 0 Å². The first-order chi connectivity index (χ1) is 13.8. The second kappa shape index (κ2) is 8.74. The van der Waals surface area contributed by atoms with Crippen molar-refractivity contribution in [3.8, 4) is 5.75 Å². The van der Waals surface area contributed by atoms with E-state index in [0.717, 1.165) is 17.0 Å². The minimum Gasteiger partial charge on any atom is -0.494 e. The summed E-state index contributed by atoms with van der Waals surface area (Å²) in [6.45, 7) is 6.52. The van der Waals surface area contributed by atoms with Crippen molar-refractivity contribution in [1.29, 1.82) is 0 Å². The van der Waals surface area contributed by atoms with Crippen molar-refractivity contribution in [2.45, 2.75) is 26.0 Å². The average Bonchev–Trinajstić information content (AvgIpc) is 2.92.